The summed E-state index contributed by atoms with van der Waals surface area (Å²) in [4.78, 5) is 16.5. The first-order valence-corrected chi connectivity index (χ1v) is 10.5. The summed E-state index contributed by atoms with van der Waals surface area (Å²) in [5.74, 6) is -0.349. The van der Waals surface area contributed by atoms with Crippen molar-refractivity contribution >= 4 is 12.7 Å². The van der Waals surface area contributed by atoms with Gasteiger partial charge in [-0.25, -0.2) is 0 Å². The molecule has 0 amide bonds. The molecular weight excluding hydrogens is 406 g/mol. The third-order valence-electron chi connectivity index (χ3n) is 6.24. The number of para-hydroxylation sites is 1. The Balaban J connectivity index is 1.69. The summed E-state index contributed by atoms with van der Waals surface area (Å²) >= 11 is 0. The number of fused-ring (bicyclic) bond motifs is 2. The molecule has 3 aromatic carbocycles. The molecule has 0 spiro atoms. The van der Waals surface area contributed by atoms with Gasteiger partial charge in [-0.2, -0.15) is 0 Å². The quantitative estimate of drug-likeness (QED) is 0.573. The van der Waals surface area contributed by atoms with Gasteiger partial charge in [-0.05, 0) is 48.5 Å². The number of benzene rings is 3. The average molecular weight is 429 g/mol. The van der Waals surface area contributed by atoms with Gasteiger partial charge in [-0.3, -0.25) is 9.79 Å². The van der Waals surface area contributed by atoms with Crippen LogP contribution in [0.1, 0.15) is 39.7 Å². The van der Waals surface area contributed by atoms with Crippen molar-refractivity contribution < 1.29 is 24.1 Å². The van der Waals surface area contributed by atoms with E-state index in [9.17, 15) is 9.90 Å². The zero-order valence-corrected chi connectivity index (χ0v) is 17.7. The minimum Gasteiger partial charge on any atom is -0.481 e. The predicted molar refractivity (Wildman–Crippen MR) is 120 cm³/mol. The van der Waals surface area contributed by atoms with Crippen LogP contribution in [-0.4, -0.2) is 31.3 Å². The number of aryl methyl sites for hydroxylation is 1. The number of aliphatic carboxylic acids is 1. The van der Waals surface area contributed by atoms with Crippen molar-refractivity contribution in [3.63, 3.8) is 0 Å². The Morgan fingerprint density at radius 3 is 2.66 bits per heavy atom. The van der Waals surface area contributed by atoms with Gasteiger partial charge in [0, 0.05) is 17.4 Å². The molecule has 0 bridgehead atoms. The third kappa shape index (κ3) is 3.28. The molecule has 0 aromatic heterocycles. The molecule has 1 N–H and O–H groups in total. The van der Waals surface area contributed by atoms with E-state index in [1.54, 1.807) is 0 Å². The van der Waals surface area contributed by atoms with Crippen LogP contribution in [0, 0.1) is 12.8 Å². The lowest BCUT2D eigenvalue weighted by Crippen LogP contribution is -2.24. The molecule has 32 heavy (non-hydrogen) atoms. The second-order valence-electron chi connectivity index (χ2n) is 8.10. The van der Waals surface area contributed by atoms with Gasteiger partial charge in [0.1, 0.15) is 5.75 Å². The van der Waals surface area contributed by atoms with E-state index < -0.39 is 11.9 Å². The third-order valence-corrected chi connectivity index (χ3v) is 6.24. The lowest BCUT2D eigenvalue weighted by Gasteiger charge is -2.24. The van der Waals surface area contributed by atoms with Crippen LogP contribution in [0.5, 0.6) is 17.2 Å². The van der Waals surface area contributed by atoms with Crippen LogP contribution >= 0.6 is 0 Å². The molecule has 0 saturated heterocycles. The van der Waals surface area contributed by atoms with Gasteiger partial charge >= 0.3 is 5.97 Å². The van der Waals surface area contributed by atoms with Crippen LogP contribution in [0.25, 0.3) is 0 Å². The van der Waals surface area contributed by atoms with Gasteiger partial charge in [0.2, 0.25) is 6.79 Å². The SMILES string of the molecule is C=NCOc1ccccc1[C@@H]1c2cc(C)ccc2[C@H](c2ccc3c(c2)OCO3)[C@H]1C(=O)O. The molecule has 1 heterocycles. The molecule has 6 heteroatoms. The Kier molecular flexibility index (Phi) is 5.05. The van der Waals surface area contributed by atoms with Crippen LogP contribution in [0.3, 0.4) is 0 Å². The number of carboxylic acids is 1. The lowest BCUT2D eigenvalue weighted by atomic mass is 9.79. The van der Waals surface area contributed by atoms with Crippen molar-refractivity contribution in [2.45, 2.75) is 18.8 Å². The van der Waals surface area contributed by atoms with Crippen molar-refractivity contribution in [2.24, 2.45) is 10.9 Å². The van der Waals surface area contributed by atoms with E-state index in [0.29, 0.717) is 17.2 Å². The molecule has 162 valence electrons. The Morgan fingerprint density at radius 2 is 1.84 bits per heavy atom. The summed E-state index contributed by atoms with van der Waals surface area (Å²) in [5.41, 5.74) is 4.81. The van der Waals surface area contributed by atoms with E-state index >= 15 is 0 Å². The lowest BCUT2D eigenvalue weighted by molar-refractivity contribution is -0.142. The van der Waals surface area contributed by atoms with Crippen LogP contribution in [0.4, 0.5) is 0 Å². The number of rotatable bonds is 6. The van der Waals surface area contributed by atoms with E-state index in [1.165, 1.54) is 0 Å². The molecule has 5 rings (SSSR count). The molecule has 0 saturated carbocycles. The molecule has 2 aliphatic rings. The fraction of sp³-hybridized carbons (Fsp3) is 0.231. The first-order chi connectivity index (χ1) is 15.6. The smallest absolute Gasteiger partial charge is 0.308 e. The summed E-state index contributed by atoms with van der Waals surface area (Å²) in [6.45, 7) is 5.78. The molecule has 0 fully saturated rings. The number of aliphatic imine (C=N–C) groups is 1. The average Bonchev–Trinajstić information content (AvgIpc) is 3.39. The maximum absolute atomic E-state index is 12.8. The van der Waals surface area contributed by atoms with Crippen LogP contribution < -0.4 is 14.2 Å². The molecule has 6 nitrogen and oxygen atoms in total. The largest absolute Gasteiger partial charge is 0.481 e. The highest BCUT2D eigenvalue weighted by atomic mass is 16.7. The summed E-state index contributed by atoms with van der Waals surface area (Å²) < 4.78 is 16.8. The highest BCUT2D eigenvalue weighted by Gasteiger charge is 2.47. The normalized spacial score (nSPS) is 20.6. The number of carbonyl (C=O) groups is 1. The summed E-state index contributed by atoms with van der Waals surface area (Å²) in [7, 11) is 0. The summed E-state index contributed by atoms with van der Waals surface area (Å²) in [6.07, 6.45) is 0. The number of nitrogens with zero attached hydrogens (tertiary/aromatic N) is 1. The fourth-order valence-corrected chi connectivity index (χ4v) is 4.95. The first-order valence-electron chi connectivity index (χ1n) is 10.5. The minimum atomic E-state index is -0.858. The molecule has 3 atom stereocenters. The number of hydrogen-bond donors (Lipinski definition) is 1. The Labute approximate surface area is 186 Å². The van der Waals surface area contributed by atoms with Gasteiger partial charge < -0.3 is 19.3 Å². The maximum atomic E-state index is 12.8. The first kappa shape index (κ1) is 20.1. The van der Waals surface area contributed by atoms with Crippen molar-refractivity contribution in [1.82, 2.24) is 0 Å². The van der Waals surface area contributed by atoms with Gasteiger partial charge in [0.25, 0.3) is 0 Å². The van der Waals surface area contributed by atoms with Crippen LogP contribution in [0.2, 0.25) is 0 Å². The number of hydrogen-bond acceptors (Lipinski definition) is 5. The minimum absolute atomic E-state index is 0.105. The highest BCUT2D eigenvalue weighted by Crippen LogP contribution is 2.55. The van der Waals surface area contributed by atoms with E-state index in [2.05, 4.69) is 17.8 Å². The molecule has 1 aliphatic carbocycles. The summed E-state index contributed by atoms with van der Waals surface area (Å²) in [6, 6.07) is 19.4. The van der Waals surface area contributed by atoms with Crippen molar-refractivity contribution in [3.05, 3.63) is 88.5 Å². The zero-order valence-electron chi connectivity index (χ0n) is 17.7. The second-order valence-corrected chi connectivity index (χ2v) is 8.10. The number of carboxylic acid groups (broad SMARTS) is 1. The molecule has 1 aliphatic heterocycles. The van der Waals surface area contributed by atoms with Crippen LogP contribution in [-0.2, 0) is 4.79 Å². The van der Waals surface area contributed by atoms with Crippen molar-refractivity contribution in [2.75, 3.05) is 13.5 Å². The van der Waals surface area contributed by atoms with Gasteiger partial charge in [-0.1, -0.05) is 48.0 Å². The fourth-order valence-electron chi connectivity index (χ4n) is 4.95. The van der Waals surface area contributed by atoms with E-state index in [1.807, 2.05) is 61.5 Å². The Bertz CT molecular complexity index is 1200. The Hall–Kier alpha value is -3.80. The number of ether oxygens (including phenoxy) is 3. The summed E-state index contributed by atoms with van der Waals surface area (Å²) in [5, 5.41) is 10.5. The topological polar surface area (TPSA) is 77.3 Å². The molecule has 0 radical (unpaired) electrons. The molecule has 0 unspecified atom stereocenters. The molecule has 3 aromatic rings. The monoisotopic (exact) mass is 429 g/mol. The second kappa shape index (κ2) is 8.04. The van der Waals surface area contributed by atoms with Crippen molar-refractivity contribution in [3.8, 4) is 17.2 Å². The van der Waals surface area contributed by atoms with Crippen LogP contribution in [0.15, 0.2) is 65.7 Å². The zero-order chi connectivity index (χ0) is 22.2. The van der Waals surface area contributed by atoms with E-state index in [-0.39, 0.29) is 25.4 Å². The van der Waals surface area contributed by atoms with E-state index in [0.717, 1.165) is 27.8 Å². The van der Waals surface area contributed by atoms with Gasteiger partial charge in [0.15, 0.2) is 18.2 Å². The van der Waals surface area contributed by atoms with E-state index in [4.69, 9.17) is 14.2 Å². The maximum Gasteiger partial charge on any atom is 0.308 e. The highest BCUT2D eigenvalue weighted by molar-refractivity contribution is 5.78. The van der Waals surface area contributed by atoms with Gasteiger partial charge in [0.05, 0.1) is 5.92 Å². The Morgan fingerprint density at radius 1 is 1.03 bits per heavy atom. The van der Waals surface area contributed by atoms with Crippen molar-refractivity contribution in [1.29, 1.82) is 0 Å². The standard InChI is InChI=1S/C26H23NO5/c1-15-7-9-17-19(11-15)24(18-5-3-4-6-20(18)30-13-27-2)25(26(28)29)23(17)16-8-10-21-22(12-16)32-14-31-21/h3-12,23-25H,2,13-14H2,1H3,(H,28,29)/t23-,24+,25+/m0/s1. The predicted octanol–water partition coefficient (Wildman–Crippen LogP) is 4.74. The molecular formula is C26H23NO5. The van der Waals surface area contributed by atoms with Gasteiger partial charge in [-0.15, -0.1) is 0 Å².